The van der Waals surface area contributed by atoms with E-state index in [1.807, 2.05) is 6.92 Å². The third kappa shape index (κ3) is 2.70. The number of carbonyl (C=O) groups is 1. The van der Waals surface area contributed by atoms with Crippen LogP contribution < -0.4 is 0 Å². The summed E-state index contributed by atoms with van der Waals surface area (Å²) in [5.41, 5.74) is 1.06. The van der Waals surface area contributed by atoms with Crippen molar-refractivity contribution >= 4 is 16.9 Å². The Morgan fingerprint density at radius 2 is 2.45 bits per heavy atom. The molecule has 1 rings (SSSR count). The minimum Gasteiger partial charge on any atom is -0.282 e. The standard InChI is InChI=1S/C9H14OS/c1-2-11-9(10)8-6-4-3-5-7-8/h6H,2-5,7H2,1H3. The van der Waals surface area contributed by atoms with Gasteiger partial charge in [-0.3, -0.25) is 4.79 Å². The third-order valence-electron chi connectivity index (χ3n) is 1.83. The molecule has 0 N–H and O–H groups in total. The van der Waals surface area contributed by atoms with Gasteiger partial charge in [-0.05, 0) is 31.4 Å². The number of allylic oxidation sites excluding steroid dienone is 1. The third-order valence-corrected chi connectivity index (χ3v) is 2.64. The molecule has 1 aliphatic carbocycles. The zero-order chi connectivity index (χ0) is 8.10. The van der Waals surface area contributed by atoms with Gasteiger partial charge in [0.25, 0.3) is 0 Å². The first-order chi connectivity index (χ1) is 5.34. The molecule has 0 unspecified atom stereocenters. The van der Waals surface area contributed by atoms with Crippen LogP contribution in [0.2, 0.25) is 0 Å². The Kier molecular flexibility index (Phi) is 3.70. The highest BCUT2D eigenvalue weighted by molar-refractivity contribution is 8.14. The van der Waals surface area contributed by atoms with Gasteiger partial charge in [0, 0.05) is 5.57 Å². The molecule has 1 aliphatic rings. The van der Waals surface area contributed by atoms with Gasteiger partial charge in [0.1, 0.15) is 0 Å². The molecule has 2 heteroatoms. The number of hydrogen-bond donors (Lipinski definition) is 0. The molecule has 0 aromatic heterocycles. The second-order valence-corrected chi connectivity index (χ2v) is 3.93. The van der Waals surface area contributed by atoms with Crippen molar-refractivity contribution in [3.8, 4) is 0 Å². The summed E-state index contributed by atoms with van der Waals surface area (Å²) in [5, 5.41) is 0.298. The molecule has 0 saturated heterocycles. The second-order valence-electron chi connectivity index (χ2n) is 2.70. The van der Waals surface area contributed by atoms with Crippen LogP contribution >= 0.6 is 11.8 Å². The molecular formula is C9H14OS. The van der Waals surface area contributed by atoms with Gasteiger partial charge in [0.15, 0.2) is 0 Å². The Bertz CT molecular complexity index is 172. The topological polar surface area (TPSA) is 17.1 Å². The average molecular weight is 170 g/mol. The van der Waals surface area contributed by atoms with Gasteiger partial charge in [-0.15, -0.1) is 0 Å². The molecule has 11 heavy (non-hydrogen) atoms. The lowest BCUT2D eigenvalue weighted by molar-refractivity contribution is -0.108. The molecule has 0 amide bonds. The zero-order valence-corrected chi connectivity index (χ0v) is 7.75. The predicted molar refractivity (Wildman–Crippen MR) is 49.7 cm³/mol. The van der Waals surface area contributed by atoms with Crippen molar-refractivity contribution in [1.82, 2.24) is 0 Å². The van der Waals surface area contributed by atoms with E-state index in [9.17, 15) is 4.79 Å². The highest BCUT2D eigenvalue weighted by Gasteiger charge is 2.10. The van der Waals surface area contributed by atoms with Gasteiger partial charge in [0.2, 0.25) is 5.12 Å². The molecule has 0 radical (unpaired) electrons. The molecule has 0 heterocycles. The lowest BCUT2D eigenvalue weighted by Crippen LogP contribution is -2.01. The van der Waals surface area contributed by atoms with Gasteiger partial charge in [0.05, 0.1) is 0 Å². The van der Waals surface area contributed by atoms with Crippen molar-refractivity contribution in [3.63, 3.8) is 0 Å². The van der Waals surface area contributed by atoms with Crippen LogP contribution in [0.5, 0.6) is 0 Å². The Labute approximate surface area is 72.2 Å². The van der Waals surface area contributed by atoms with Crippen molar-refractivity contribution in [3.05, 3.63) is 11.6 Å². The van der Waals surface area contributed by atoms with E-state index in [4.69, 9.17) is 0 Å². The average Bonchev–Trinajstić information content (AvgIpc) is 2.07. The predicted octanol–water partition coefficient (Wildman–Crippen LogP) is 2.77. The Morgan fingerprint density at radius 3 is 3.00 bits per heavy atom. The summed E-state index contributed by atoms with van der Waals surface area (Å²) in [6, 6.07) is 0. The molecule has 0 spiro atoms. The molecule has 0 aliphatic heterocycles. The van der Waals surface area contributed by atoms with Crippen LogP contribution in [0.1, 0.15) is 32.6 Å². The first-order valence-corrected chi connectivity index (χ1v) is 5.19. The van der Waals surface area contributed by atoms with Gasteiger partial charge >= 0.3 is 0 Å². The first kappa shape index (κ1) is 8.85. The fraction of sp³-hybridized carbons (Fsp3) is 0.667. The minimum atomic E-state index is 0.298. The molecule has 0 fully saturated rings. The van der Waals surface area contributed by atoms with Crippen molar-refractivity contribution in [1.29, 1.82) is 0 Å². The van der Waals surface area contributed by atoms with Crippen LogP contribution in [0, 0.1) is 0 Å². The van der Waals surface area contributed by atoms with Crippen LogP contribution in [0.4, 0.5) is 0 Å². The van der Waals surface area contributed by atoms with E-state index in [-0.39, 0.29) is 0 Å². The van der Waals surface area contributed by atoms with Gasteiger partial charge in [-0.2, -0.15) is 0 Å². The zero-order valence-electron chi connectivity index (χ0n) is 6.93. The van der Waals surface area contributed by atoms with Crippen LogP contribution in [0.15, 0.2) is 11.6 Å². The minimum absolute atomic E-state index is 0.298. The fourth-order valence-electron chi connectivity index (χ4n) is 1.25. The summed E-state index contributed by atoms with van der Waals surface area (Å²) in [7, 11) is 0. The number of rotatable bonds is 2. The largest absolute Gasteiger partial charge is 0.282 e. The number of carbonyl (C=O) groups excluding carboxylic acids is 1. The summed E-state index contributed by atoms with van der Waals surface area (Å²) in [6.07, 6.45) is 6.67. The van der Waals surface area contributed by atoms with Crippen molar-refractivity contribution in [2.75, 3.05) is 5.75 Å². The second kappa shape index (κ2) is 4.60. The highest BCUT2D eigenvalue weighted by atomic mass is 32.2. The maximum Gasteiger partial charge on any atom is 0.214 e. The molecule has 0 aromatic carbocycles. The van der Waals surface area contributed by atoms with Crippen molar-refractivity contribution in [2.45, 2.75) is 32.6 Å². The van der Waals surface area contributed by atoms with Crippen molar-refractivity contribution < 1.29 is 4.79 Å². The van der Waals surface area contributed by atoms with Crippen LogP contribution in [-0.4, -0.2) is 10.9 Å². The summed E-state index contributed by atoms with van der Waals surface area (Å²) in [5.74, 6) is 0.899. The molecule has 0 bridgehead atoms. The Balaban J connectivity index is 2.44. The van der Waals surface area contributed by atoms with E-state index in [1.165, 1.54) is 24.6 Å². The summed E-state index contributed by atoms with van der Waals surface area (Å²) in [6.45, 7) is 2.02. The quantitative estimate of drug-likeness (QED) is 0.634. The SMILES string of the molecule is CCSC(=O)C1=CCCCC1. The summed E-state index contributed by atoms with van der Waals surface area (Å²) in [4.78, 5) is 11.3. The van der Waals surface area contributed by atoms with Crippen LogP contribution in [0.3, 0.4) is 0 Å². The smallest absolute Gasteiger partial charge is 0.214 e. The van der Waals surface area contributed by atoms with E-state index < -0.39 is 0 Å². The molecule has 0 saturated carbocycles. The maximum absolute atomic E-state index is 11.3. The molecule has 0 aromatic rings. The van der Waals surface area contributed by atoms with E-state index in [0.29, 0.717) is 5.12 Å². The van der Waals surface area contributed by atoms with Gasteiger partial charge in [-0.1, -0.05) is 24.8 Å². The highest BCUT2D eigenvalue weighted by Crippen LogP contribution is 2.22. The van der Waals surface area contributed by atoms with Gasteiger partial charge < -0.3 is 0 Å². The lowest BCUT2D eigenvalue weighted by Gasteiger charge is -2.09. The van der Waals surface area contributed by atoms with Crippen LogP contribution in [-0.2, 0) is 4.79 Å². The fourth-order valence-corrected chi connectivity index (χ4v) is 1.88. The lowest BCUT2D eigenvalue weighted by atomic mass is 10.0. The molecule has 62 valence electrons. The van der Waals surface area contributed by atoms with Gasteiger partial charge in [-0.25, -0.2) is 0 Å². The van der Waals surface area contributed by atoms with E-state index >= 15 is 0 Å². The summed E-state index contributed by atoms with van der Waals surface area (Å²) >= 11 is 1.43. The number of thioether (sulfide) groups is 1. The Morgan fingerprint density at radius 1 is 1.64 bits per heavy atom. The summed E-state index contributed by atoms with van der Waals surface area (Å²) < 4.78 is 0. The van der Waals surface area contributed by atoms with E-state index in [0.717, 1.165) is 24.2 Å². The maximum atomic E-state index is 11.3. The van der Waals surface area contributed by atoms with Crippen molar-refractivity contribution in [2.24, 2.45) is 0 Å². The Hall–Kier alpha value is -0.240. The van der Waals surface area contributed by atoms with E-state index in [1.54, 1.807) is 0 Å². The number of hydrogen-bond acceptors (Lipinski definition) is 2. The molecule has 0 atom stereocenters. The monoisotopic (exact) mass is 170 g/mol. The normalized spacial score (nSPS) is 17.7. The molecule has 1 nitrogen and oxygen atoms in total. The first-order valence-electron chi connectivity index (χ1n) is 4.20. The molecular weight excluding hydrogens is 156 g/mol. The van der Waals surface area contributed by atoms with Crippen LogP contribution in [0.25, 0.3) is 0 Å². The van der Waals surface area contributed by atoms with E-state index in [2.05, 4.69) is 6.08 Å².